The number of nitrogens with zero attached hydrogens (tertiary/aromatic N) is 2. The second-order valence-electron chi connectivity index (χ2n) is 5.44. The van der Waals surface area contributed by atoms with Gasteiger partial charge in [0.2, 0.25) is 0 Å². The number of nitrogens with one attached hydrogen (secondary N) is 1. The highest BCUT2D eigenvalue weighted by Gasteiger charge is 2.38. The SMILES string of the molecule is Cc1nn(C)c(C)c1C(=O)/C=C/c1cccc(NC(=O)C(F)(F)F)c1. The van der Waals surface area contributed by atoms with E-state index >= 15 is 0 Å². The van der Waals surface area contributed by atoms with Gasteiger partial charge in [0.15, 0.2) is 5.78 Å². The van der Waals surface area contributed by atoms with Crippen molar-refractivity contribution < 1.29 is 22.8 Å². The Labute approximate surface area is 142 Å². The molecule has 5 nitrogen and oxygen atoms in total. The van der Waals surface area contributed by atoms with E-state index in [4.69, 9.17) is 0 Å². The molecular weight excluding hydrogens is 335 g/mol. The van der Waals surface area contributed by atoms with E-state index in [2.05, 4.69) is 5.10 Å². The van der Waals surface area contributed by atoms with Gasteiger partial charge < -0.3 is 5.32 Å². The van der Waals surface area contributed by atoms with E-state index in [0.717, 1.165) is 5.69 Å². The van der Waals surface area contributed by atoms with Crippen LogP contribution < -0.4 is 5.32 Å². The molecule has 2 aromatic rings. The molecule has 1 aromatic carbocycles. The Morgan fingerprint density at radius 3 is 2.48 bits per heavy atom. The minimum atomic E-state index is -4.96. The quantitative estimate of drug-likeness (QED) is 0.678. The van der Waals surface area contributed by atoms with Crippen molar-refractivity contribution in [3.8, 4) is 0 Å². The summed E-state index contributed by atoms with van der Waals surface area (Å²) in [6.07, 6.45) is -2.17. The second kappa shape index (κ2) is 6.92. The zero-order chi connectivity index (χ0) is 18.8. The normalized spacial score (nSPS) is 11.8. The molecule has 0 spiro atoms. The number of anilines is 1. The molecule has 1 N–H and O–H groups in total. The van der Waals surface area contributed by atoms with Crippen LogP contribution in [0, 0.1) is 13.8 Å². The van der Waals surface area contributed by atoms with Gasteiger partial charge in [-0.05, 0) is 37.6 Å². The average Bonchev–Trinajstić information content (AvgIpc) is 2.77. The van der Waals surface area contributed by atoms with E-state index < -0.39 is 12.1 Å². The first kappa shape index (κ1) is 18.4. The van der Waals surface area contributed by atoms with E-state index in [1.807, 2.05) is 0 Å². The van der Waals surface area contributed by atoms with Gasteiger partial charge in [-0.15, -0.1) is 0 Å². The highest BCUT2D eigenvalue weighted by atomic mass is 19.4. The summed E-state index contributed by atoms with van der Waals surface area (Å²) in [4.78, 5) is 23.3. The van der Waals surface area contributed by atoms with Gasteiger partial charge in [-0.25, -0.2) is 0 Å². The van der Waals surface area contributed by atoms with Crippen molar-refractivity contribution in [2.45, 2.75) is 20.0 Å². The molecular formula is C17H16F3N3O2. The Kier molecular flexibility index (Phi) is 5.10. The summed E-state index contributed by atoms with van der Waals surface area (Å²) >= 11 is 0. The van der Waals surface area contributed by atoms with Crippen molar-refractivity contribution in [3.63, 3.8) is 0 Å². The molecule has 1 amide bonds. The molecule has 0 aliphatic carbocycles. The van der Waals surface area contributed by atoms with E-state index in [-0.39, 0.29) is 11.5 Å². The van der Waals surface area contributed by atoms with Crippen LogP contribution >= 0.6 is 0 Å². The first-order valence-electron chi connectivity index (χ1n) is 7.30. The molecule has 0 saturated heterocycles. The number of carbonyl (C=O) groups excluding carboxylic acids is 2. The van der Waals surface area contributed by atoms with Crippen LogP contribution in [0.2, 0.25) is 0 Å². The lowest BCUT2D eigenvalue weighted by atomic mass is 10.1. The Hall–Kier alpha value is -2.90. The van der Waals surface area contributed by atoms with Gasteiger partial charge >= 0.3 is 12.1 Å². The molecule has 25 heavy (non-hydrogen) atoms. The van der Waals surface area contributed by atoms with Crippen molar-refractivity contribution in [2.75, 3.05) is 5.32 Å². The number of hydrogen-bond donors (Lipinski definition) is 1. The first-order valence-corrected chi connectivity index (χ1v) is 7.30. The van der Waals surface area contributed by atoms with Crippen molar-refractivity contribution in [3.05, 3.63) is 52.9 Å². The van der Waals surface area contributed by atoms with Crippen molar-refractivity contribution in [1.82, 2.24) is 9.78 Å². The number of aromatic nitrogens is 2. The van der Waals surface area contributed by atoms with E-state index in [0.29, 0.717) is 16.8 Å². The lowest BCUT2D eigenvalue weighted by Gasteiger charge is -2.08. The molecule has 0 aliphatic rings. The molecule has 0 aliphatic heterocycles. The van der Waals surface area contributed by atoms with E-state index in [1.54, 1.807) is 37.0 Å². The number of rotatable bonds is 4. The molecule has 1 heterocycles. The van der Waals surface area contributed by atoms with Crippen LogP contribution in [0.3, 0.4) is 0 Å². The summed E-state index contributed by atoms with van der Waals surface area (Å²) in [5.41, 5.74) is 2.28. The molecule has 0 fully saturated rings. The van der Waals surface area contributed by atoms with Gasteiger partial charge in [-0.3, -0.25) is 14.3 Å². The number of halogens is 3. The fourth-order valence-corrected chi connectivity index (χ4v) is 2.31. The maximum Gasteiger partial charge on any atom is 0.471 e. The monoisotopic (exact) mass is 351 g/mol. The molecule has 1 aromatic heterocycles. The van der Waals surface area contributed by atoms with Crippen LogP contribution in [0.5, 0.6) is 0 Å². The van der Waals surface area contributed by atoms with E-state index in [9.17, 15) is 22.8 Å². The minimum Gasteiger partial charge on any atom is -0.318 e. The van der Waals surface area contributed by atoms with Crippen LogP contribution in [0.4, 0.5) is 18.9 Å². The largest absolute Gasteiger partial charge is 0.471 e. The third kappa shape index (κ3) is 4.34. The summed E-state index contributed by atoms with van der Waals surface area (Å²) in [6, 6.07) is 5.77. The fourth-order valence-electron chi connectivity index (χ4n) is 2.31. The third-order valence-corrected chi connectivity index (χ3v) is 3.58. The Balaban J connectivity index is 2.18. The third-order valence-electron chi connectivity index (χ3n) is 3.58. The number of ketones is 1. The Morgan fingerprint density at radius 1 is 1.24 bits per heavy atom. The maximum absolute atomic E-state index is 12.3. The van der Waals surface area contributed by atoms with Crippen LogP contribution in [-0.4, -0.2) is 27.6 Å². The second-order valence-corrected chi connectivity index (χ2v) is 5.44. The van der Waals surface area contributed by atoms with Gasteiger partial charge in [0.25, 0.3) is 0 Å². The van der Waals surface area contributed by atoms with Gasteiger partial charge in [-0.1, -0.05) is 18.2 Å². The van der Waals surface area contributed by atoms with Crippen molar-refractivity contribution in [1.29, 1.82) is 0 Å². The van der Waals surface area contributed by atoms with Crippen LogP contribution in [0.1, 0.15) is 27.3 Å². The van der Waals surface area contributed by atoms with Gasteiger partial charge in [0.05, 0.1) is 11.3 Å². The number of hydrogen-bond acceptors (Lipinski definition) is 3. The lowest BCUT2D eigenvalue weighted by molar-refractivity contribution is -0.167. The highest BCUT2D eigenvalue weighted by Crippen LogP contribution is 2.20. The van der Waals surface area contributed by atoms with Crippen LogP contribution in [0.15, 0.2) is 30.3 Å². The minimum absolute atomic E-state index is 0.00865. The van der Waals surface area contributed by atoms with Gasteiger partial charge in [0.1, 0.15) is 0 Å². The average molecular weight is 351 g/mol. The predicted molar refractivity (Wildman–Crippen MR) is 87.2 cm³/mol. The van der Waals surface area contributed by atoms with Crippen LogP contribution in [0.25, 0.3) is 6.08 Å². The molecule has 2 rings (SSSR count). The molecule has 0 saturated carbocycles. The number of aryl methyl sites for hydroxylation is 2. The summed E-state index contributed by atoms with van der Waals surface area (Å²) < 4.78 is 38.4. The molecule has 132 valence electrons. The fraction of sp³-hybridized carbons (Fsp3) is 0.235. The standard InChI is InChI=1S/C17H16F3N3O2/c1-10-15(11(2)23(3)22-10)14(24)8-7-12-5-4-6-13(9-12)21-16(25)17(18,19)20/h4-9H,1-3H3,(H,21,25)/b8-7+. The summed E-state index contributed by atoms with van der Waals surface area (Å²) in [7, 11) is 1.73. The summed E-state index contributed by atoms with van der Waals surface area (Å²) in [5.74, 6) is -2.31. The lowest BCUT2D eigenvalue weighted by Crippen LogP contribution is -2.29. The predicted octanol–water partition coefficient (Wildman–Crippen LogP) is 3.43. The number of carbonyl (C=O) groups is 2. The molecule has 8 heteroatoms. The van der Waals surface area contributed by atoms with Gasteiger partial charge in [-0.2, -0.15) is 18.3 Å². The number of allylic oxidation sites excluding steroid dienone is 1. The molecule has 0 atom stereocenters. The topological polar surface area (TPSA) is 64.0 Å². The zero-order valence-corrected chi connectivity index (χ0v) is 13.8. The summed E-state index contributed by atoms with van der Waals surface area (Å²) in [6.45, 7) is 3.50. The molecule has 0 bridgehead atoms. The zero-order valence-electron chi connectivity index (χ0n) is 13.8. The molecule has 0 radical (unpaired) electrons. The first-order chi connectivity index (χ1) is 11.6. The molecule has 0 unspecified atom stereocenters. The maximum atomic E-state index is 12.3. The van der Waals surface area contributed by atoms with Gasteiger partial charge in [0, 0.05) is 18.4 Å². The number of amides is 1. The van der Waals surface area contributed by atoms with Crippen LogP contribution in [-0.2, 0) is 11.8 Å². The number of benzene rings is 1. The van der Waals surface area contributed by atoms with Crippen molar-refractivity contribution in [2.24, 2.45) is 7.05 Å². The summed E-state index contributed by atoms with van der Waals surface area (Å²) in [5, 5.41) is 5.93. The van der Waals surface area contributed by atoms with E-state index in [1.165, 1.54) is 30.4 Å². The van der Waals surface area contributed by atoms with Crippen molar-refractivity contribution >= 4 is 23.5 Å². The number of alkyl halides is 3. The smallest absolute Gasteiger partial charge is 0.318 e. The Morgan fingerprint density at radius 2 is 1.92 bits per heavy atom. The highest BCUT2D eigenvalue weighted by molar-refractivity contribution is 6.08. The Bertz CT molecular complexity index is 851.